The van der Waals surface area contributed by atoms with Crippen LogP contribution in [-0.2, 0) is 0 Å². The van der Waals surface area contributed by atoms with Crippen LogP contribution in [0.5, 0.6) is 0 Å². The lowest BCUT2D eigenvalue weighted by Crippen LogP contribution is -2.13. The Morgan fingerprint density at radius 2 is 1.89 bits per heavy atom. The number of nitrogens with two attached hydrogens (primary N) is 1. The summed E-state index contributed by atoms with van der Waals surface area (Å²) in [7, 11) is 0. The highest BCUT2D eigenvalue weighted by atomic mass is 32.1. The first kappa shape index (κ1) is 12.4. The molecule has 0 aliphatic carbocycles. The van der Waals surface area contributed by atoms with E-state index in [-0.39, 0.29) is 0 Å². The molecule has 2 rings (SSSR count). The van der Waals surface area contributed by atoms with E-state index in [1.54, 1.807) is 12.3 Å². The molecule has 0 aliphatic rings. The van der Waals surface area contributed by atoms with Crippen molar-refractivity contribution in [3.63, 3.8) is 0 Å². The number of rotatable bonds is 3. The number of thiocarbonyl (C=S) groups is 1. The maximum absolute atomic E-state index is 5.65. The predicted octanol–water partition coefficient (Wildman–Crippen LogP) is 2.47. The number of hydrogen-bond acceptors (Lipinski definition) is 4. The number of anilines is 2. The zero-order valence-corrected chi connectivity index (χ0v) is 11.1. The summed E-state index contributed by atoms with van der Waals surface area (Å²) in [6.45, 7) is 4.09. The summed E-state index contributed by atoms with van der Waals surface area (Å²) in [5, 5.41) is 11.1. The number of hydrogen-bond donors (Lipinski definition) is 2. The van der Waals surface area contributed by atoms with Gasteiger partial charge in [-0.15, -0.1) is 5.10 Å². The zero-order chi connectivity index (χ0) is 13.1. The molecule has 0 amide bonds. The Bertz CT molecular complexity index is 575. The van der Waals surface area contributed by atoms with Crippen LogP contribution in [0.1, 0.15) is 16.7 Å². The molecular formula is C13H14N4S. The molecule has 0 bridgehead atoms. The molecule has 2 aromatic rings. The van der Waals surface area contributed by atoms with Crippen LogP contribution in [0.25, 0.3) is 0 Å². The van der Waals surface area contributed by atoms with Crippen LogP contribution in [0.4, 0.5) is 11.5 Å². The Balaban J connectivity index is 2.37. The van der Waals surface area contributed by atoms with Gasteiger partial charge in [-0.3, -0.25) is 0 Å². The molecule has 3 N–H and O–H groups in total. The first-order chi connectivity index (χ1) is 8.56. The standard InChI is InChI=1S/C13H14N4S/c1-8-5-9(2)7-10(6-8)16-13-11(12(14)18)3-4-15-17-13/h3-7H,1-2H3,(H2,14,18)(H,16,17). The van der Waals surface area contributed by atoms with E-state index in [0.717, 1.165) is 5.69 Å². The van der Waals surface area contributed by atoms with Crippen molar-refractivity contribution in [2.75, 3.05) is 5.32 Å². The van der Waals surface area contributed by atoms with Crippen molar-refractivity contribution in [3.05, 3.63) is 47.2 Å². The van der Waals surface area contributed by atoms with Gasteiger partial charge in [-0.2, -0.15) is 5.10 Å². The van der Waals surface area contributed by atoms with Crippen LogP contribution in [0.2, 0.25) is 0 Å². The molecule has 5 heteroatoms. The molecule has 1 heterocycles. The number of benzene rings is 1. The van der Waals surface area contributed by atoms with Gasteiger partial charge in [-0.25, -0.2) is 0 Å². The van der Waals surface area contributed by atoms with Gasteiger partial charge < -0.3 is 11.1 Å². The van der Waals surface area contributed by atoms with Crippen molar-refractivity contribution in [3.8, 4) is 0 Å². The SMILES string of the molecule is Cc1cc(C)cc(Nc2nnccc2C(N)=S)c1. The van der Waals surface area contributed by atoms with Gasteiger partial charge in [0.15, 0.2) is 5.82 Å². The Hall–Kier alpha value is -2.01. The van der Waals surface area contributed by atoms with Crippen LogP contribution in [-0.4, -0.2) is 15.2 Å². The van der Waals surface area contributed by atoms with E-state index in [4.69, 9.17) is 18.0 Å². The van der Waals surface area contributed by atoms with E-state index >= 15 is 0 Å². The number of aryl methyl sites for hydroxylation is 2. The third kappa shape index (κ3) is 2.81. The zero-order valence-electron chi connectivity index (χ0n) is 10.3. The molecule has 0 spiro atoms. The molecule has 0 radical (unpaired) electrons. The van der Waals surface area contributed by atoms with Crippen LogP contribution < -0.4 is 11.1 Å². The van der Waals surface area contributed by atoms with Gasteiger partial charge in [0, 0.05) is 5.69 Å². The van der Waals surface area contributed by atoms with Crippen molar-refractivity contribution < 1.29 is 0 Å². The molecule has 0 aliphatic heterocycles. The lowest BCUT2D eigenvalue weighted by molar-refractivity contribution is 1.03. The number of nitrogens with zero attached hydrogens (tertiary/aromatic N) is 2. The van der Waals surface area contributed by atoms with Crippen molar-refractivity contribution >= 4 is 28.7 Å². The summed E-state index contributed by atoms with van der Waals surface area (Å²) in [5.41, 5.74) is 9.65. The normalized spacial score (nSPS) is 10.1. The highest BCUT2D eigenvalue weighted by Crippen LogP contribution is 2.20. The fraction of sp³-hybridized carbons (Fsp3) is 0.154. The van der Waals surface area contributed by atoms with Gasteiger partial charge in [0.25, 0.3) is 0 Å². The van der Waals surface area contributed by atoms with E-state index in [1.807, 2.05) is 26.0 Å². The topological polar surface area (TPSA) is 63.8 Å². The average Bonchev–Trinajstić information content (AvgIpc) is 2.27. The lowest BCUT2D eigenvalue weighted by atomic mass is 10.1. The molecular weight excluding hydrogens is 244 g/mol. The molecule has 0 atom stereocenters. The van der Waals surface area contributed by atoms with Crippen LogP contribution >= 0.6 is 12.2 Å². The van der Waals surface area contributed by atoms with Crippen molar-refractivity contribution in [1.82, 2.24) is 10.2 Å². The van der Waals surface area contributed by atoms with Crippen molar-refractivity contribution in [2.45, 2.75) is 13.8 Å². The fourth-order valence-corrected chi connectivity index (χ4v) is 1.97. The second-order valence-corrected chi connectivity index (χ2v) is 4.60. The summed E-state index contributed by atoms with van der Waals surface area (Å²) < 4.78 is 0. The van der Waals surface area contributed by atoms with Crippen LogP contribution in [0.15, 0.2) is 30.5 Å². The minimum Gasteiger partial charge on any atom is -0.389 e. The first-order valence-corrected chi connectivity index (χ1v) is 5.94. The van der Waals surface area contributed by atoms with E-state index in [0.29, 0.717) is 16.4 Å². The van der Waals surface area contributed by atoms with Gasteiger partial charge >= 0.3 is 0 Å². The molecule has 1 aromatic heterocycles. The van der Waals surface area contributed by atoms with Gasteiger partial charge in [0.05, 0.1) is 11.8 Å². The molecule has 0 fully saturated rings. The second kappa shape index (κ2) is 5.10. The summed E-state index contributed by atoms with van der Waals surface area (Å²) in [4.78, 5) is 0.303. The van der Waals surface area contributed by atoms with E-state index in [2.05, 4.69) is 21.6 Å². The third-order valence-corrected chi connectivity index (χ3v) is 2.69. The Morgan fingerprint density at radius 1 is 1.22 bits per heavy atom. The average molecular weight is 258 g/mol. The van der Waals surface area contributed by atoms with Crippen molar-refractivity contribution in [1.29, 1.82) is 0 Å². The molecule has 18 heavy (non-hydrogen) atoms. The molecule has 0 saturated carbocycles. The molecule has 0 unspecified atom stereocenters. The second-order valence-electron chi connectivity index (χ2n) is 4.16. The smallest absolute Gasteiger partial charge is 0.163 e. The van der Waals surface area contributed by atoms with Gasteiger partial charge in [-0.1, -0.05) is 18.3 Å². The van der Waals surface area contributed by atoms with E-state index in [9.17, 15) is 0 Å². The van der Waals surface area contributed by atoms with Gasteiger partial charge in [0.1, 0.15) is 4.99 Å². The van der Waals surface area contributed by atoms with Crippen LogP contribution in [0, 0.1) is 13.8 Å². The Kier molecular flexibility index (Phi) is 3.53. The number of aromatic nitrogens is 2. The largest absolute Gasteiger partial charge is 0.389 e. The third-order valence-electron chi connectivity index (χ3n) is 2.47. The minimum absolute atomic E-state index is 0.303. The highest BCUT2D eigenvalue weighted by Gasteiger charge is 2.07. The molecule has 0 saturated heterocycles. The minimum atomic E-state index is 0.303. The lowest BCUT2D eigenvalue weighted by Gasteiger charge is -2.10. The quantitative estimate of drug-likeness (QED) is 0.828. The molecule has 1 aromatic carbocycles. The van der Waals surface area contributed by atoms with Crippen LogP contribution in [0.3, 0.4) is 0 Å². The van der Waals surface area contributed by atoms with Gasteiger partial charge in [0.2, 0.25) is 0 Å². The first-order valence-electron chi connectivity index (χ1n) is 5.53. The molecule has 92 valence electrons. The Morgan fingerprint density at radius 3 is 2.50 bits per heavy atom. The maximum atomic E-state index is 5.65. The van der Waals surface area contributed by atoms with E-state index < -0.39 is 0 Å². The van der Waals surface area contributed by atoms with Crippen molar-refractivity contribution in [2.24, 2.45) is 5.73 Å². The summed E-state index contributed by atoms with van der Waals surface area (Å²) in [6, 6.07) is 7.92. The predicted molar refractivity (Wildman–Crippen MR) is 77.1 cm³/mol. The highest BCUT2D eigenvalue weighted by molar-refractivity contribution is 7.80. The monoisotopic (exact) mass is 258 g/mol. The summed E-state index contributed by atoms with van der Waals surface area (Å²) >= 11 is 4.99. The van der Waals surface area contributed by atoms with Gasteiger partial charge in [-0.05, 0) is 43.2 Å². The molecule has 4 nitrogen and oxygen atoms in total. The Labute approximate surface area is 111 Å². The van der Waals surface area contributed by atoms with E-state index in [1.165, 1.54) is 11.1 Å². The maximum Gasteiger partial charge on any atom is 0.163 e. The summed E-state index contributed by atoms with van der Waals surface area (Å²) in [6.07, 6.45) is 1.57. The summed E-state index contributed by atoms with van der Waals surface area (Å²) in [5.74, 6) is 0.579. The number of nitrogens with one attached hydrogen (secondary N) is 1. The fourth-order valence-electron chi connectivity index (χ4n) is 1.81.